The number of halogens is 3. The summed E-state index contributed by atoms with van der Waals surface area (Å²) >= 11 is 1.48. The molecule has 0 saturated heterocycles. The predicted octanol–water partition coefficient (Wildman–Crippen LogP) is 5.89. The maximum atomic E-state index is 12.6. The summed E-state index contributed by atoms with van der Waals surface area (Å²) in [7, 11) is 0. The van der Waals surface area contributed by atoms with Crippen LogP contribution in [0.2, 0.25) is 0 Å². The number of benzene rings is 1. The first kappa shape index (κ1) is 17.9. The van der Waals surface area contributed by atoms with E-state index in [1.54, 1.807) is 0 Å². The lowest BCUT2D eigenvalue weighted by molar-refractivity contribution is -0.137. The number of thioether (sulfide) groups is 1. The van der Waals surface area contributed by atoms with Crippen molar-refractivity contribution in [3.8, 4) is 6.07 Å². The van der Waals surface area contributed by atoms with E-state index in [0.29, 0.717) is 10.8 Å². The fourth-order valence-corrected chi connectivity index (χ4v) is 3.27. The molecule has 1 unspecified atom stereocenters. The van der Waals surface area contributed by atoms with Gasteiger partial charge in [-0.15, -0.1) is 11.8 Å². The van der Waals surface area contributed by atoms with Gasteiger partial charge in [0.2, 0.25) is 0 Å². The van der Waals surface area contributed by atoms with Gasteiger partial charge in [-0.2, -0.15) is 18.4 Å². The van der Waals surface area contributed by atoms with Crippen molar-refractivity contribution in [3.05, 3.63) is 29.3 Å². The molecule has 1 aromatic rings. The molecular weight excluding hydrogens is 295 g/mol. The van der Waals surface area contributed by atoms with Crippen LogP contribution in [0.3, 0.4) is 0 Å². The molecule has 1 nitrogen and oxygen atoms in total. The van der Waals surface area contributed by atoms with Gasteiger partial charge in [0.05, 0.1) is 11.1 Å². The molecule has 21 heavy (non-hydrogen) atoms. The molecule has 0 heterocycles. The summed E-state index contributed by atoms with van der Waals surface area (Å²) in [6, 6.07) is 5.28. The first-order chi connectivity index (χ1) is 9.92. The van der Waals surface area contributed by atoms with Gasteiger partial charge in [0.25, 0.3) is 0 Å². The maximum Gasteiger partial charge on any atom is 0.416 e. The molecule has 1 atom stereocenters. The third-order valence-electron chi connectivity index (χ3n) is 3.45. The summed E-state index contributed by atoms with van der Waals surface area (Å²) in [5.74, 6) is 1.39. The van der Waals surface area contributed by atoms with Crippen molar-refractivity contribution in [1.29, 1.82) is 5.26 Å². The number of alkyl halides is 3. The predicted molar refractivity (Wildman–Crippen MR) is 80.2 cm³/mol. The van der Waals surface area contributed by atoms with Crippen LogP contribution in [0.4, 0.5) is 13.2 Å². The molecule has 0 bridgehead atoms. The molecule has 0 aromatic heterocycles. The van der Waals surface area contributed by atoms with Crippen LogP contribution in [-0.4, -0.2) is 5.75 Å². The van der Waals surface area contributed by atoms with E-state index in [2.05, 4.69) is 13.8 Å². The van der Waals surface area contributed by atoms with E-state index in [0.717, 1.165) is 43.6 Å². The van der Waals surface area contributed by atoms with Gasteiger partial charge in [0, 0.05) is 10.6 Å². The molecule has 0 fully saturated rings. The summed E-state index contributed by atoms with van der Waals surface area (Å²) < 4.78 is 37.9. The second-order valence-corrected chi connectivity index (χ2v) is 6.11. The lowest BCUT2D eigenvalue weighted by Gasteiger charge is -2.15. The molecule has 0 aliphatic carbocycles. The Morgan fingerprint density at radius 3 is 2.52 bits per heavy atom. The first-order valence-electron chi connectivity index (χ1n) is 7.16. The average Bonchev–Trinajstić information content (AvgIpc) is 2.46. The van der Waals surface area contributed by atoms with Crippen LogP contribution < -0.4 is 0 Å². The summed E-state index contributed by atoms with van der Waals surface area (Å²) in [6.45, 7) is 4.27. The highest BCUT2D eigenvalue weighted by molar-refractivity contribution is 7.99. The molecular formula is C16H20F3NS. The molecule has 0 aliphatic heterocycles. The number of nitriles is 1. The Hall–Kier alpha value is -1.15. The van der Waals surface area contributed by atoms with Gasteiger partial charge in [0.15, 0.2) is 0 Å². The fraction of sp³-hybridized carbons (Fsp3) is 0.562. The van der Waals surface area contributed by atoms with Crippen LogP contribution in [0.15, 0.2) is 23.1 Å². The second-order valence-electron chi connectivity index (χ2n) is 5.05. The molecule has 0 N–H and O–H groups in total. The monoisotopic (exact) mass is 315 g/mol. The summed E-state index contributed by atoms with van der Waals surface area (Å²) in [5.41, 5.74) is -0.651. The molecule has 0 saturated carbocycles. The largest absolute Gasteiger partial charge is 0.416 e. The minimum Gasteiger partial charge on any atom is -0.192 e. The van der Waals surface area contributed by atoms with E-state index < -0.39 is 11.7 Å². The summed E-state index contributed by atoms with van der Waals surface area (Å²) in [4.78, 5) is 0.639. The van der Waals surface area contributed by atoms with Gasteiger partial charge in [-0.1, -0.05) is 33.1 Å². The zero-order chi connectivity index (χ0) is 15.9. The van der Waals surface area contributed by atoms with E-state index in [1.807, 2.05) is 6.07 Å². The van der Waals surface area contributed by atoms with Crippen molar-refractivity contribution in [2.45, 2.75) is 50.6 Å². The third-order valence-corrected chi connectivity index (χ3v) is 4.75. The molecule has 1 rings (SSSR count). The summed E-state index contributed by atoms with van der Waals surface area (Å²) in [5, 5.41) is 9.04. The number of rotatable bonds is 7. The molecule has 0 amide bonds. The van der Waals surface area contributed by atoms with Gasteiger partial charge in [0.1, 0.15) is 6.07 Å². The highest BCUT2D eigenvalue weighted by Crippen LogP contribution is 2.34. The van der Waals surface area contributed by atoms with Gasteiger partial charge in [-0.25, -0.2) is 0 Å². The lowest BCUT2D eigenvalue weighted by atomic mass is 10.0. The molecule has 0 spiro atoms. The van der Waals surface area contributed by atoms with Crippen LogP contribution in [-0.2, 0) is 6.18 Å². The van der Waals surface area contributed by atoms with Gasteiger partial charge in [-0.3, -0.25) is 0 Å². The molecule has 0 aliphatic rings. The Labute approximate surface area is 128 Å². The van der Waals surface area contributed by atoms with Crippen molar-refractivity contribution in [3.63, 3.8) is 0 Å². The van der Waals surface area contributed by atoms with Crippen LogP contribution in [0.1, 0.15) is 50.7 Å². The SMILES string of the molecule is CCCCC(CC)CSc1ccc(C(F)(F)F)cc1C#N. The van der Waals surface area contributed by atoms with Gasteiger partial charge >= 0.3 is 6.18 Å². The van der Waals surface area contributed by atoms with E-state index in [9.17, 15) is 13.2 Å². The Balaban J connectivity index is 2.78. The van der Waals surface area contributed by atoms with Gasteiger partial charge < -0.3 is 0 Å². The number of unbranched alkanes of at least 4 members (excludes halogenated alkanes) is 1. The van der Waals surface area contributed by atoms with Crippen molar-refractivity contribution in [1.82, 2.24) is 0 Å². The topological polar surface area (TPSA) is 23.8 Å². The molecule has 1 aromatic carbocycles. The smallest absolute Gasteiger partial charge is 0.192 e. The highest BCUT2D eigenvalue weighted by Gasteiger charge is 2.31. The Morgan fingerprint density at radius 2 is 2.00 bits per heavy atom. The quantitative estimate of drug-likeness (QED) is 0.586. The van der Waals surface area contributed by atoms with Crippen LogP contribution >= 0.6 is 11.8 Å². The number of hydrogen-bond acceptors (Lipinski definition) is 2. The average molecular weight is 315 g/mol. The van der Waals surface area contributed by atoms with Crippen molar-refractivity contribution in [2.24, 2.45) is 5.92 Å². The van der Waals surface area contributed by atoms with Crippen LogP contribution in [0.25, 0.3) is 0 Å². The Kier molecular flexibility index (Phi) is 7.10. The van der Waals surface area contributed by atoms with E-state index >= 15 is 0 Å². The number of hydrogen-bond donors (Lipinski definition) is 0. The van der Waals surface area contributed by atoms with Crippen molar-refractivity contribution >= 4 is 11.8 Å². The zero-order valence-electron chi connectivity index (χ0n) is 12.3. The molecule has 0 radical (unpaired) electrons. The fourth-order valence-electron chi connectivity index (χ4n) is 2.03. The van der Waals surface area contributed by atoms with E-state index in [-0.39, 0.29) is 5.56 Å². The van der Waals surface area contributed by atoms with Crippen LogP contribution in [0.5, 0.6) is 0 Å². The van der Waals surface area contributed by atoms with Crippen molar-refractivity contribution in [2.75, 3.05) is 5.75 Å². The Morgan fingerprint density at radius 1 is 1.29 bits per heavy atom. The molecule has 116 valence electrons. The lowest BCUT2D eigenvalue weighted by Crippen LogP contribution is -2.06. The highest BCUT2D eigenvalue weighted by atomic mass is 32.2. The summed E-state index contributed by atoms with van der Waals surface area (Å²) in [6.07, 6.45) is 0.0853. The van der Waals surface area contributed by atoms with Crippen molar-refractivity contribution < 1.29 is 13.2 Å². The Bertz CT molecular complexity index is 491. The number of nitrogens with zero attached hydrogens (tertiary/aromatic N) is 1. The standard InChI is InChI=1S/C16H20F3NS/c1-3-5-6-12(4-2)11-21-15-8-7-14(16(17,18)19)9-13(15)10-20/h7-9,12H,3-6,11H2,1-2H3. The third kappa shape index (κ3) is 5.62. The van der Waals surface area contributed by atoms with E-state index in [4.69, 9.17) is 5.26 Å². The normalized spacial score (nSPS) is 13.0. The maximum absolute atomic E-state index is 12.6. The zero-order valence-corrected chi connectivity index (χ0v) is 13.2. The molecule has 5 heteroatoms. The minimum atomic E-state index is -4.40. The van der Waals surface area contributed by atoms with E-state index in [1.165, 1.54) is 17.8 Å². The van der Waals surface area contributed by atoms with Crippen LogP contribution in [0, 0.1) is 17.2 Å². The minimum absolute atomic E-state index is 0.111. The van der Waals surface area contributed by atoms with Gasteiger partial charge in [-0.05, 0) is 30.5 Å². The first-order valence-corrected chi connectivity index (χ1v) is 8.15. The second kappa shape index (κ2) is 8.33.